The van der Waals surface area contributed by atoms with Crippen LogP contribution in [-0.2, 0) is 6.54 Å². The van der Waals surface area contributed by atoms with Gasteiger partial charge in [-0.1, -0.05) is 18.2 Å². The van der Waals surface area contributed by atoms with Crippen molar-refractivity contribution in [2.75, 3.05) is 18.5 Å². The molecule has 3 rings (SSSR count). The van der Waals surface area contributed by atoms with Crippen LogP contribution < -0.4 is 10.7 Å². The predicted molar refractivity (Wildman–Crippen MR) is 55.9 cm³/mol. The molecule has 0 aromatic heterocycles. The molecule has 4 heteroatoms. The van der Waals surface area contributed by atoms with Gasteiger partial charge in [0, 0.05) is 6.54 Å². The van der Waals surface area contributed by atoms with E-state index in [0.29, 0.717) is 0 Å². The minimum Gasteiger partial charge on any atom is -0.353 e. The van der Waals surface area contributed by atoms with Crippen LogP contribution in [0, 0.1) is 0 Å². The number of nitrogens with one attached hydrogen (secondary N) is 2. The van der Waals surface area contributed by atoms with Gasteiger partial charge in [0.05, 0.1) is 18.8 Å². The molecule has 0 amide bonds. The van der Waals surface area contributed by atoms with Crippen molar-refractivity contribution in [3.05, 3.63) is 29.8 Å². The summed E-state index contributed by atoms with van der Waals surface area (Å²) in [5, 5.41) is 5.30. The van der Waals surface area contributed by atoms with Crippen LogP contribution in [0.25, 0.3) is 0 Å². The Bertz CT molecular complexity index is 360. The van der Waals surface area contributed by atoms with E-state index in [1.165, 1.54) is 11.3 Å². The smallest absolute Gasteiger partial charge is 0.213 e. The van der Waals surface area contributed by atoms with Gasteiger partial charge in [-0.2, -0.15) is 0 Å². The highest BCUT2D eigenvalue weighted by atomic mass is 15.6. The van der Waals surface area contributed by atoms with Crippen molar-refractivity contribution < 1.29 is 0 Å². The monoisotopic (exact) mass is 188 g/mol. The Balaban J connectivity index is 1.84. The number of aliphatic imine (C=N–C) groups is 1. The highest BCUT2D eigenvalue weighted by Crippen LogP contribution is 2.24. The van der Waals surface area contributed by atoms with Crippen LogP contribution in [0.4, 0.5) is 5.69 Å². The highest BCUT2D eigenvalue weighted by Gasteiger charge is 2.22. The second-order valence-electron chi connectivity index (χ2n) is 3.49. The molecule has 0 fully saturated rings. The molecule has 0 radical (unpaired) electrons. The van der Waals surface area contributed by atoms with Crippen LogP contribution in [0.5, 0.6) is 0 Å². The SMILES string of the molecule is c1ccc2c(c1)CN(C1=NCCN1)N2. The number of benzene rings is 1. The summed E-state index contributed by atoms with van der Waals surface area (Å²) in [6.07, 6.45) is 0. The van der Waals surface area contributed by atoms with Crippen LogP contribution in [0.1, 0.15) is 5.56 Å². The van der Waals surface area contributed by atoms with Crippen LogP contribution in [0.3, 0.4) is 0 Å². The zero-order chi connectivity index (χ0) is 9.38. The lowest BCUT2D eigenvalue weighted by Gasteiger charge is -2.17. The molecule has 2 aliphatic rings. The van der Waals surface area contributed by atoms with Crippen molar-refractivity contribution in [2.24, 2.45) is 4.99 Å². The first-order valence-corrected chi connectivity index (χ1v) is 4.84. The predicted octanol–water partition coefficient (Wildman–Crippen LogP) is 0.788. The maximum atomic E-state index is 4.37. The van der Waals surface area contributed by atoms with Gasteiger partial charge < -0.3 is 5.32 Å². The summed E-state index contributed by atoms with van der Waals surface area (Å²) >= 11 is 0. The summed E-state index contributed by atoms with van der Waals surface area (Å²) < 4.78 is 0. The molecule has 0 saturated heterocycles. The lowest BCUT2D eigenvalue weighted by Crippen LogP contribution is -2.38. The highest BCUT2D eigenvalue weighted by molar-refractivity contribution is 5.84. The fourth-order valence-corrected chi connectivity index (χ4v) is 1.82. The number of rotatable bonds is 0. The summed E-state index contributed by atoms with van der Waals surface area (Å²) in [6, 6.07) is 8.33. The first-order valence-electron chi connectivity index (χ1n) is 4.84. The maximum Gasteiger partial charge on any atom is 0.213 e. The fraction of sp³-hybridized carbons (Fsp3) is 0.300. The van der Waals surface area contributed by atoms with E-state index in [-0.39, 0.29) is 0 Å². The first kappa shape index (κ1) is 7.67. The lowest BCUT2D eigenvalue weighted by molar-refractivity contribution is 0.509. The van der Waals surface area contributed by atoms with E-state index in [9.17, 15) is 0 Å². The van der Waals surface area contributed by atoms with Gasteiger partial charge in [-0.3, -0.25) is 10.4 Å². The molecule has 0 saturated carbocycles. The summed E-state index contributed by atoms with van der Waals surface area (Å²) in [4.78, 5) is 4.37. The summed E-state index contributed by atoms with van der Waals surface area (Å²) in [6.45, 7) is 2.72. The largest absolute Gasteiger partial charge is 0.353 e. The number of hydrogen-bond acceptors (Lipinski definition) is 4. The van der Waals surface area contributed by atoms with Crippen LogP contribution in [0.2, 0.25) is 0 Å². The van der Waals surface area contributed by atoms with E-state index in [1.807, 2.05) is 6.07 Å². The molecule has 4 nitrogen and oxygen atoms in total. The lowest BCUT2D eigenvalue weighted by atomic mass is 10.2. The van der Waals surface area contributed by atoms with E-state index in [0.717, 1.165) is 25.6 Å². The number of anilines is 1. The molecule has 1 aromatic carbocycles. The molecule has 2 heterocycles. The number of para-hydroxylation sites is 1. The average molecular weight is 188 g/mol. The minimum atomic E-state index is 0.879. The fourth-order valence-electron chi connectivity index (χ4n) is 1.82. The van der Waals surface area contributed by atoms with Crippen LogP contribution >= 0.6 is 0 Å². The van der Waals surface area contributed by atoms with Gasteiger partial charge in [-0.15, -0.1) is 0 Å². The van der Waals surface area contributed by atoms with Crippen molar-refractivity contribution in [2.45, 2.75) is 6.54 Å². The number of guanidine groups is 1. The van der Waals surface area contributed by atoms with Gasteiger partial charge in [0.15, 0.2) is 0 Å². The second-order valence-corrected chi connectivity index (χ2v) is 3.49. The van der Waals surface area contributed by atoms with E-state index in [1.54, 1.807) is 0 Å². The molecular weight excluding hydrogens is 176 g/mol. The van der Waals surface area contributed by atoms with E-state index < -0.39 is 0 Å². The van der Waals surface area contributed by atoms with E-state index in [4.69, 9.17) is 0 Å². The molecule has 0 spiro atoms. The molecular formula is C10H12N4. The van der Waals surface area contributed by atoms with Crippen molar-refractivity contribution in [3.63, 3.8) is 0 Å². The second kappa shape index (κ2) is 2.90. The third kappa shape index (κ3) is 1.11. The topological polar surface area (TPSA) is 39.7 Å². The molecule has 0 bridgehead atoms. The molecule has 72 valence electrons. The standard InChI is InChI=1S/C10H12N4/c1-2-4-9-8(3-1)7-14(13-9)10-11-5-6-12-10/h1-4,13H,5-7H2,(H,11,12). The van der Waals surface area contributed by atoms with E-state index in [2.05, 4.69) is 38.9 Å². The number of fused-ring (bicyclic) bond motifs is 1. The number of hydrogen-bond donors (Lipinski definition) is 2. The van der Waals surface area contributed by atoms with Crippen molar-refractivity contribution in [1.82, 2.24) is 10.3 Å². The van der Waals surface area contributed by atoms with Crippen molar-refractivity contribution in [3.8, 4) is 0 Å². The molecule has 0 unspecified atom stereocenters. The van der Waals surface area contributed by atoms with Gasteiger partial charge in [-0.05, 0) is 11.6 Å². The number of hydrazine groups is 1. The zero-order valence-electron chi connectivity index (χ0n) is 7.83. The van der Waals surface area contributed by atoms with Gasteiger partial charge in [0.25, 0.3) is 0 Å². The Morgan fingerprint density at radius 3 is 3.00 bits per heavy atom. The third-order valence-corrected chi connectivity index (χ3v) is 2.51. The average Bonchev–Trinajstić information content (AvgIpc) is 2.86. The van der Waals surface area contributed by atoms with Gasteiger partial charge >= 0.3 is 0 Å². The molecule has 2 aliphatic heterocycles. The maximum absolute atomic E-state index is 4.37. The van der Waals surface area contributed by atoms with Crippen molar-refractivity contribution >= 4 is 11.6 Å². The van der Waals surface area contributed by atoms with E-state index >= 15 is 0 Å². The Hall–Kier alpha value is -1.71. The first-order chi connectivity index (χ1) is 6.93. The molecule has 0 atom stereocenters. The Kier molecular flexibility index (Phi) is 1.59. The Labute approximate surface area is 82.6 Å². The Morgan fingerprint density at radius 1 is 1.29 bits per heavy atom. The van der Waals surface area contributed by atoms with Gasteiger partial charge in [0.2, 0.25) is 5.96 Å². The van der Waals surface area contributed by atoms with Crippen molar-refractivity contribution in [1.29, 1.82) is 0 Å². The van der Waals surface area contributed by atoms with Crippen LogP contribution in [0.15, 0.2) is 29.3 Å². The van der Waals surface area contributed by atoms with Gasteiger partial charge in [0.1, 0.15) is 0 Å². The summed E-state index contributed by atoms with van der Waals surface area (Å²) in [7, 11) is 0. The molecule has 0 aliphatic carbocycles. The molecule has 2 N–H and O–H groups in total. The zero-order valence-corrected chi connectivity index (χ0v) is 7.83. The summed E-state index contributed by atoms with van der Waals surface area (Å²) in [5.41, 5.74) is 5.82. The minimum absolute atomic E-state index is 0.879. The molecule has 14 heavy (non-hydrogen) atoms. The Morgan fingerprint density at radius 2 is 2.21 bits per heavy atom. The third-order valence-electron chi connectivity index (χ3n) is 2.51. The molecule has 1 aromatic rings. The normalized spacial score (nSPS) is 18.6. The van der Waals surface area contributed by atoms with Crippen LogP contribution in [-0.4, -0.2) is 24.1 Å². The summed E-state index contributed by atoms with van der Waals surface area (Å²) in [5.74, 6) is 0.959. The van der Waals surface area contributed by atoms with Gasteiger partial charge in [-0.25, -0.2) is 4.99 Å². The number of nitrogens with zero attached hydrogens (tertiary/aromatic N) is 2. The quantitative estimate of drug-likeness (QED) is 0.632.